The van der Waals surface area contributed by atoms with E-state index in [0.29, 0.717) is 16.9 Å². The van der Waals surface area contributed by atoms with Gasteiger partial charge in [0.1, 0.15) is 0 Å². The van der Waals surface area contributed by atoms with Gasteiger partial charge >= 0.3 is 0 Å². The quantitative estimate of drug-likeness (QED) is 0.357. The van der Waals surface area contributed by atoms with Crippen molar-refractivity contribution in [1.29, 1.82) is 0 Å². The summed E-state index contributed by atoms with van der Waals surface area (Å²) in [7, 11) is -1.47. The minimum atomic E-state index is -3.48. The molecule has 3 aromatic heterocycles. The molecular formula is C27H22N6O2S. The van der Waals surface area contributed by atoms with Gasteiger partial charge in [-0.1, -0.05) is 12.1 Å². The zero-order chi connectivity index (χ0) is 24.9. The fourth-order valence-corrected chi connectivity index (χ4v) is 5.29. The molecule has 3 heterocycles. The van der Waals surface area contributed by atoms with Crippen molar-refractivity contribution in [3.8, 4) is 16.8 Å². The van der Waals surface area contributed by atoms with Crippen molar-refractivity contribution in [3.63, 3.8) is 0 Å². The highest BCUT2D eigenvalue weighted by Crippen LogP contribution is 2.35. The lowest BCUT2D eigenvalue weighted by Gasteiger charge is -2.15. The third-order valence-electron chi connectivity index (χ3n) is 6.22. The van der Waals surface area contributed by atoms with Gasteiger partial charge in [-0.15, -0.1) is 0 Å². The average Bonchev–Trinajstić information content (AvgIpc) is 3.53. The summed E-state index contributed by atoms with van der Waals surface area (Å²) in [6, 6.07) is 17.4. The Balaban J connectivity index is 1.52. The number of sulfone groups is 1. The Bertz CT molecular complexity index is 1860. The Morgan fingerprint density at radius 2 is 1.75 bits per heavy atom. The maximum atomic E-state index is 12.6. The summed E-state index contributed by atoms with van der Waals surface area (Å²) in [6.45, 7) is 0. The van der Waals surface area contributed by atoms with Gasteiger partial charge < -0.3 is 14.5 Å². The fourth-order valence-electron chi connectivity index (χ4n) is 4.46. The highest BCUT2D eigenvalue weighted by molar-refractivity contribution is 7.90. The molecule has 178 valence electrons. The van der Waals surface area contributed by atoms with E-state index in [2.05, 4.69) is 49.1 Å². The molecule has 3 aromatic carbocycles. The van der Waals surface area contributed by atoms with E-state index in [4.69, 9.17) is 0 Å². The molecule has 9 heteroatoms. The van der Waals surface area contributed by atoms with Crippen molar-refractivity contribution in [3.05, 3.63) is 91.9 Å². The summed E-state index contributed by atoms with van der Waals surface area (Å²) in [5, 5.41) is 4.49. The maximum absolute atomic E-state index is 12.6. The molecule has 6 rings (SSSR count). The number of hydrogen-bond acceptors (Lipinski definition) is 6. The molecule has 0 bridgehead atoms. The maximum Gasteiger partial charge on any atom is 0.177 e. The number of benzene rings is 3. The van der Waals surface area contributed by atoms with Crippen LogP contribution in [0.1, 0.15) is 0 Å². The Morgan fingerprint density at radius 1 is 0.889 bits per heavy atom. The number of imidazole rings is 1. The Hall–Kier alpha value is -4.50. The lowest BCUT2D eigenvalue weighted by Crippen LogP contribution is -2.04. The molecular weight excluding hydrogens is 472 g/mol. The van der Waals surface area contributed by atoms with Crippen molar-refractivity contribution >= 4 is 43.1 Å². The first kappa shape index (κ1) is 22.0. The molecule has 36 heavy (non-hydrogen) atoms. The fraction of sp³-hybridized carbons (Fsp3) is 0.0741. The molecule has 0 fully saturated rings. The molecule has 0 saturated heterocycles. The first-order valence-corrected chi connectivity index (χ1v) is 13.2. The topological polar surface area (TPSA) is 94.7 Å². The molecule has 0 saturated carbocycles. The van der Waals surface area contributed by atoms with E-state index in [1.54, 1.807) is 43.1 Å². The third kappa shape index (κ3) is 3.89. The molecule has 1 N–H and O–H groups in total. The molecule has 0 radical (unpaired) electrons. The average molecular weight is 495 g/mol. The lowest BCUT2D eigenvalue weighted by molar-refractivity contribution is 0.602. The number of nitrogens with one attached hydrogen (secondary N) is 1. The number of fused-ring (bicyclic) bond motifs is 2. The molecule has 0 aliphatic heterocycles. The van der Waals surface area contributed by atoms with Crippen LogP contribution < -0.4 is 5.32 Å². The summed E-state index contributed by atoms with van der Waals surface area (Å²) >= 11 is 0. The zero-order valence-corrected chi connectivity index (χ0v) is 20.4. The van der Waals surface area contributed by atoms with Crippen LogP contribution in [0.2, 0.25) is 0 Å². The van der Waals surface area contributed by atoms with Crippen molar-refractivity contribution in [2.75, 3.05) is 11.6 Å². The monoisotopic (exact) mass is 494 g/mol. The summed E-state index contributed by atoms with van der Waals surface area (Å²) in [5.41, 5.74) is 6.44. The lowest BCUT2D eigenvalue weighted by atomic mass is 10.0. The van der Waals surface area contributed by atoms with Crippen LogP contribution in [0, 0.1) is 0 Å². The van der Waals surface area contributed by atoms with Crippen LogP contribution in [-0.4, -0.2) is 38.8 Å². The summed E-state index contributed by atoms with van der Waals surface area (Å²) in [5.74, 6) is 0. The van der Waals surface area contributed by atoms with Crippen LogP contribution in [0.25, 0.3) is 38.8 Å². The van der Waals surface area contributed by atoms with Crippen molar-refractivity contribution in [2.24, 2.45) is 7.05 Å². The predicted octanol–water partition coefficient (Wildman–Crippen LogP) is 5.12. The SMILES string of the molecule is Cn1ccc2ccc(-c3cc(Nc4cc(-n5ccnc5)ccc4S(C)(=O)=O)cc4nccnc34)cc21. The Kier molecular flexibility index (Phi) is 5.08. The number of hydrogen-bond donors (Lipinski definition) is 1. The molecule has 0 aliphatic rings. The van der Waals surface area contributed by atoms with E-state index in [-0.39, 0.29) is 4.90 Å². The van der Waals surface area contributed by atoms with Gasteiger partial charge in [-0.2, -0.15) is 0 Å². The van der Waals surface area contributed by atoms with E-state index in [9.17, 15) is 8.42 Å². The van der Waals surface area contributed by atoms with Crippen LogP contribution in [0.4, 0.5) is 11.4 Å². The molecule has 0 atom stereocenters. The first-order valence-electron chi connectivity index (χ1n) is 11.3. The van der Waals surface area contributed by atoms with E-state index >= 15 is 0 Å². The van der Waals surface area contributed by atoms with Crippen molar-refractivity contribution < 1.29 is 8.42 Å². The molecule has 0 unspecified atom stereocenters. The van der Waals surface area contributed by atoms with Gasteiger partial charge in [0.15, 0.2) is 9.84 Å². The smallest absolute Gasteiger partial charge is 0.177 e. The van der Waals surface area contributed by atoms with E-state index in [1.807, 2.05) is 36.1 Å². The van der Waals surface area contributed by atoms with Gasteiger partial charge in [0, 0.05) is 66.7 Å². The van der Waals surface area contributed by atoms with Gasteiger partial charge in [0.05, 0.1) is 27.9 Å². The van der Waals surface area contributed by atoms with Crippen molar-refractivity contribution in [2.45, 2.75) is 4.90 Å². The van der Waals surface area contributed by atoms with Crippen LogP contribution >= 0.6 is 0 Å². The molecule has 0 aliphatic carbocycles. The second-order valence-corrected chi connectivity index (χ2v) is 10.7. The molecule has 8 nitrogen and oxygen atoms in total. The summed E-state index contributed by atoms with van der Waals surface area (Å²) in [6.07, 6.45) is 11.7. The summed E-state index contributed by atoms with van der Waals surface area (Å²) < 4.78 is 29.1. The van der Waals surface area contributed by atoms with Gasteiger partial charge in [-0.25, -0.2) is 13.4 Å². The number of nitrogens with zero attached hydrogens (tertiary/aromatic N) is 5. The van der Waals surface area contributed by atoms with Crippen LogP contribution in [0.3, 0.4) is 0 Å². The van der Waals surface area contributed by atoms with Crippen LogP contribution in [0.5, 0.6) is 0 Å². The minimum absolute atomic E-state index is 0.206. The Morgan fingerprint density at radius 3 is 2.56 bits per heavy atom. The minimum Gasteiger partial charge on any atom is -0.354 e. The third-order valence-corrected chi connectivity index (χ3v) is 7.37. The highest BCUT2D eigenvalue weighted by atomic mass is 32.2. The number of aromatic nitrogens is 5. The second-order valence-electron chi connectivity index (χ2n) is 8.70. The highest BCUT2D eigenvalue weighted by Gasteiger charge is 2.17. The van der Waals surface area contributed by atoms with E-state index in [1.165, 1.54) is 6.26 Å². The van der Waals surface area contributed by atoms with Gasteiger partial charge in [0.2, 0.25) is 0 Å². The van der Waals surface area contributed by atoms with E-state index in [0.717, 1.165) is 33.2 Å². The number of aryl methyl sites for hydroxylation is 1. The Labute approximate surface area is 207 Å². The predicted molar refractivity (Wildman–Crippen MR) is 141 cm³/mol. The largest absolute Gasteiger partial charge is 0.354 e. The van der Waals surface area contributed by atoms with Gasteiger partial charge in [0.25, 0.3) is 0 Å². The normalized spacial score (nSPS) is 11.8. The van der Waals surface area contributed by atoms with Crippen LogP contribution in [0.15, 0.2) is 96.8 Å². The zero-order valence-electron chi connectivity index (χ0n) is 19.6. The molecule has 0 amide bonds. The molecule has 6 aromatic rings. The van der Waals surface area contributed by atoms with Crippen LogP contribution in [-0.2, 0) is 16.9 Å². The standard InChI is InChI=1S/C27H22N6O2S/c1-32-11-7-18-3-4-19(13-25(18)32)22-14-20(15-24-27(22)30-9-8-29-24)31-23-16-21(33-12-10-28-17-33)5-6-26(23)36(2,34)35/h3-17,31H,1-2H3. The summed E-state index contributed by atoms with van der Waals surface area (Å²) in [4.78, 5) is 13.4. The van der Waals surface area contributed by atoms with Gasteiger partial charge in [-0.3, -0.25) is 9.97 Å². The second kappa shape index (κ2) is 8.31. The van der Waals surface area contributed by atoms with E-state index < -0.39 is 9.84 Å². The number of anilines is 2. The van der Waals surface area contributed by atoms with Gasteiger partial charge in [-0.05, 0) is 53.4 Å². The van der Waals surface area contributed by atoms with Crippen molar-refractivity contribution in [1.82, 2.24) is 24.1 Å². The number of rotatable bonds is 5. The first-order chi connectivity index (χ1) is 17.4. The molecule has 0 spiro atoms.